The van der Waals surface area contributed by atoms with Crippen LogP contribution in [0.15, 0.2) is 22.7 Å². The van der Waals surface area contributed by atoms with E-state index in [1.165, 1.54) is 6.07 Å². The van der Waals surface area contributed by atoms with E-state index in [2.05, 4.69) is 15.9 Å². The third-order valence-corrected chi connectivity index (χ3v) is 2.36. The van der Waals surface area contributed by atoms with Gasteiger partial charge in [-0.25, -0.2) is 0 Å². The second-order valence-electron chi connectivity index (χ2n) is 2.76. The molecule has 0 bridgehead atoms. The van der Waals surface area contributed by atoms with Crippen LogP contribution in [-0.4, -0.2) is 4.92 Å². The van der Waals surface area contributed by atoms with Gasteiger partial charge in [-0.1, -0.05) is 6.07 Å². The van der Waals surface area contributed by atoms with Crippen LogP contribution < -0.4 is 5.73 Å². The number of benzene rings is 1. The molecule has 1 aromatic rings. The lowest BCUT2D eigenvalue weighted by atomic mass is 10.1. The van der Waals surface area contributed by atoms with Crippen LogP contribution in [0.1, 0.15) is 18.5 Å². The lowest BCUT2D eigenvalue weighted by Gasteiger charge is -2.05. The van der Waals surface area contributed by atoms with Gasteiger partial charge in [0.1, 0.15) is 0 Å². The van der Waals surface area contributed by atoms with Crippen LogP contribution >= 0.6 is 28.3 Å². The maximum absolute atomic E-state index is 10.5. The number of hydrogen-bond acceptors (Lipinski definition) is 3. The van der Waals surface area contributed by atoms with Crippen molar-refractivity contribution in [3.8, 4) is 0 Å². The molecule has 0 spiro atoms. The first-order valence-electron chi connectivity index (χ1n) is 3.72. The Hall–Kier alpha value is -0.650. The summed E-state index contributed by atoms with van der Waals surface area (Å²) in [5.41, 5.74) is 6.40. The number of halogens is 2. The largest absolute Gasteiger partial charge is 0.324 e. The molecule has 4 nitrogen and oxygen atoms in total. The maximum atomic E-state index is 10.5. The zero-order valence-electron chi connectivity index (χ0n) is 7.44. The minimum atomic E-state index is -0.435. The van der Waals surface area contributed by atoms with Crippen molar-refractivity contribution in [2.24, 2.45) is 5.73 Å². The van der Waals surface area contributed by atoms with E-state index in [-0.39, 0.29) is 24.1 Å². The molecule has 0 heterocycles. The van der Waals surface area contributed by atoms with Gasteiger partial charge < -0.3 is 5.73 Å². The highest BCUT2D eigenvalue weighted by Crippen LogP contribution is 2.27. The van der Waals surface area contributed by atoms with Crippen molar-refractivity contribution in [1.29, 1.82) is 0 Å². The average molecular weight is 282 g/mol. The van der Waals surface area contributed by atoms with Crippen LogP contribution in [0.2, 0.25) is 0 Å². The summed E-state index contributed by atoms with van der Waals surface area (Å²) in [6.45, 7) is 1.78. The van der Waals surface area contributed by atoms with Gasteiger partial charge in [0.15, 0.2) is 0 Å². The predicted molar refractivity (Wildman–Crippen MR) is 60.6 cm³/mol. The summed E-state index contributed by atoms with van der Waals surface area (Å²) in [5.74, 6) is 0. The van der Waals surface area contributed by atoms with Crippen molar-refractivity contribution in [3.63, 3.8) is 0 Å². The smallest absolute Gasteiger partial charge is 0.283 e. The Bertz CT molecular complexity index is 344. The Morgan fingerprint density at radius 2 is 2.14 bits per heavy atom. The second-order valence-corrected chi connectivity index (χ2v) is 3.61. The van der Waals surface area contributed by atoms with Crippen LogP contribution in [0.3, 0.4) is 0 Å². The summed E-state index contributed by atoms with van der Waals surface area (Å²) in [7, 11) is 0. The lowest BCUT2D eigenvalue weighted by molar-refractivity contribution is -0.385. The van der Waals surface area contributed by atoms with Gasteiger partial charge in [-0.2, -0.15) is 0 Å². The van der Waals surface area contributed by atoms with Crippen molar-refractivity contribution >= 4 is 34.0 Å². The van der Waals surface area contributed by atoms with Crippen molar-refractivity contribution in [2.45, 2.75) is 13.0 Å². The minimum absolute atomic E-state index is 0. The Morgan fingerprint density at radius 1 is 1.57 bits per heavy atom. The summed E-state index contributed by atoms with van der Waals surface area (Å²) in [6.07, 6.45) is 0. The molecular formula is C8H10BrClN2O2. The third kappa shape index (κ3) is 2.94. The summed E-state index contributed by atoms with van der Waals surface area (Å²) in [6, 6.07) is 4.69. The van der Waals surface area contributed by atoms with E-state index in [1.807, 2.05) is 0 Å². The molecule has 6 heteroatoms. The Labute approximate surface area is 96.2 Å². The molecule has 0 aliphatic heterocycles. The van der Waals surface area contributed by atoms with E-state index >= 15 is 0 Å². The fraction of sp³-hybridized carbons (Fsp3) is 0.250. The summed E-state index contributed by atoms with van der Waals surface area (Å²) < 4.78 is 0.474. The normalized spacial score (nSPS) is 11.6. The van der Waals surface area contributed by atoms with Crippen LogP contribution in [-0.2, 0) is 0 Å². The highest BCUT2D eigenvalue weighted by molar-refractivity contribution is 9.10. The van der Waals surface area contributed by atoms with Gasteiger partial charge in [-0.05, 0) is 34.5 Å². The van der Waals surface area contributed by atoms with Crippen molar-refractivity contribution < 1.29 is 4.92 Å². The first-order chi connectivity index (χ1) is 6.02. The Morgan fingerprint density at radius 3 is 2.57 bits per heavy atom. The van der Waals surface area contributed by atoms with Crippen molar-refractivity contribution in [3.05, 3.63) is 38.3 Å². The number of nitro groups is 1. The molecular weight excluding hydrogens is 271 g/mol. The molecule has 0 aliphatic rings. The fourth-order valence-corrected chi connectivity index (χ4v) is 1.34. The van der Waals surface area contributed by atoms with Crippen molar-refractivity contribution in [2.75, 3.05) is 0 Å². The Balaban J connectivity index is 0.00000169. The molecule has 0 saturated carbocycles. The molecule has 2 N–H and O–H groups in total. The van der Waals surface area contributed by atoms with Crippen LogP contribution in [0.25, 0.3) is 0 Å². The number of nitrogens with zero attached hydrogens (tertiary/aromatic N) is 1. The summed E-state index contributed by atoms with van der Waals surface area (Å²) >= 11 is 3.10. The first-order valence-corrected chi connectivity index (χ1v) is 4.51. The van der Waals surface area contributed by atoms with Gasteiger partial charge in [0, 0.05) is 12.1 Å². The highest BCUT2D eigenvalue weighted by Gasteiger charge is 2.13. The average Bonchev–Trinajstić information content (AvgIpc) is 2.04. The zero-order valence-corrected chi connectivity index (χ0v) is 9.84. The quantitative estimate of drug-likeness (QED) is 0.669. The van der Waals surface area contributed by atoms with E-state index in [1.54, 1.807) is 19.1 Å². The molecule has 0 unspecified atom stereocenters. The molecule has 78 valence electrons. The Kier molecular flexibility index (Phi) is 5.04. The molecule has 0 fully saturated rings. The monoisotopic (exact) mass is 280 g/mol. The molecule has 0 saturated heterocycles. The third-order valence-electron chi connectivity index (χ3n) is 1.69. The fourth-order valence-electron chi connectivity index (χ4n) is 0.953. The van der Waals surface area contributed by atoms with E-state index in [0.29, 0.717) is 4.47 Å². The number of nitro benzene ring substituents is 1. The molecule has 1 aromatic carbocycles. The van der Waals surface area contributed by atoms with E-state index < -0.39 is 4.92 Å². The van der Waals surface area contributed by atoms with Gasteiger partial charge in [0.25, 0.3) is 5.69 Å². The van der Waals surface area contributed by atoms with Gasteiger partial charge >= 0.3 is 0 Å². The maximum Gasteiger partial charge on any atom is 0.283 e. The van der Waals surface area contributed by atoms with Crippen molar-refractivity contribution in [1.82, 2.24) is 0 Å². The molecule has 0 aliphatic carbocycles. The summed E-state index contributed by atoms with van der Waals surface area (Å²) in [5, 5.41) is 10.5. The molecule has 1 rings (SSSR count). The number of rotatable bonds is 2. The molecule has 1 atom stereocenters. The van der Waals surface area contributed by atoms with E-state index in [4.69, 9.17) is 5.73 Å². The second kappa shape index (κ2) is 5.29. The zero-order chi connectivity index (χ0) is 10.0. The molecule has 0 radical (unpaired) electrons. The topological polar surface area (TPSA) is 69.2 Å². The lowest BCUT2D eigenvalue weighted by Crippen LogP contribution is -2.05. The molecule has 0 aromatic heterocycles. The van der Waals surface area contributed by atoms with Gasteiger partial charge in [-0.15, -0.1) is 12.4 Å². The van der Waals surface area contributed by atoms with Gasteiger partial charge in [0.05, 0.1) is 9.40 Å². The SMILES string of the molecule is C[C@@H](N)c1ccc(Br)c([N+](=O)[O-])c1.Cl. The first kappa shape index (κ1) is 13.4. The summed E-state index contributed by atoms with van der Waals surface area (Å²) in [4.78, 5) is 10.1. The minimum Gasteiger partial charge on any atom is -0.324 e. The molecule has 14 heavy (non-hydrogen) atoms. The van der Waals surface area contributed by atoms with Gasteiger partial charge in [-0.3, -0.25) is 10.1 Å². The number of nitrogens with two attached hydrogens (primary N) is 1. The van der Waals surface area contributed by atoms with Crippen LogP contribution in [0, 0.1) is 10.1 Å². The molecule has 0 amide bonds. The van der Waals surface area contributed by atoms with Crippen LogP contribution in [0.4, 0.5) is 5.69 Å². The number of hydrogen-bond donors (Lipinski definition) is 1. The van der Waals surface area contributed by atoms with Crippen LogP contribution in [0.5, 0.6) is 0 Å². The highest BCUT2D eigenvalue weighted by atomic mass is 79.9. The van der Waals surface area contributed by atoms with E-state index in [9.17, 15) is 10.1 Å². The van der Waals surface area contributed by atoms with E-state index in [0.717, 1.165) is 5.56 Å². The standard InChI is InChI=1S/C8H9BrN2O2.ClH/c1-5(10)6-2-3-7(9)8(4-6)11(12)13;/h2-5H,10H2,1H3;1H/t5-;/m1./s1. The van der Waals surface area contributed by atoms with Gasteiger partial charge in [0.2, 0.25) is 0 Å². The predicted octanol–water partition coefficient (Wildman–Crippen LogP) is 2.80.